The van der Waals surface area contributed by atoms with Crippen LogP contribution in [0.2, 0.25) is 0 Å². The van der Waals surface area contributed by atoms with Gasteiger partial charge in [-0.2, -0.15) is 12.6 Å². The van der Waals surface area contributed by atoms with Crippen LogP contribution in [0.25, 0.3) is 0 Å². The Morgan fingerprint density at radius 2 is 2.20 bits per heavy atom. The standard InChI is InChI=1S/C11H21NO2S/c1-2-8-5-3-4-6-10(8)14-11(13)9(12)7-15/h8-10,15H,2-7,12H2,1H3. The summed E-state index contributed by atoms with van der Waals surface area (Å²) in [6.45, 7) is 2.15. The normalized spacial score (nSPS) is 28.5. The fourth-order valence-electron chi connectivity index (χ4n) is 2.11. The third kappa shape index (κ3) is 3.68. The van der Waals surface area contributed by atoms with Crippen LogP contribution in [-0.2, 0) is 9.53 Å². The molecule has 0 saturated heterocycles. The van der Waals surface area contributed by atoms with Crippen molar-refractivity contribution >= 4 is 18.6 Å². The fourth-order valence-corrected chi connectivity index (χ4v) is 2.26. The highest BCUT2D eigenvalue weighted by molar-refractivity contribution is 7.80. The molecule has 0 aromatic rings. The summed E-state index contributed by atoms with van der Waals surface area (Å²) in [5, 5.41) is 0. The minimum atomic E-state index is -0.576. The van der Waals surface area contributed by atoms with Crippen molar-refractivity contribution in [3.8, 4) is 0 Å². The molecule has 3 unspecified atom stereocenters. The van der Waals surface area contributed by atoms with Crippen LogP contribution >= 0.6 is 12.6 Å². The lowest BCUT2D eigenvalue weighted by atomic mass is 9.85. The zero-order chi connectivity index (χ0) is 11.3. The van der Waals surface area contributed by atoms with Crippen LogP contribution in [0.3, 0.4) is 0 Å². The first-order valence-electron chi connectivity index (χ1n) is 5.76. The second-order valence-corrected chi connectivity index (χ2v) is 4.58. The number of thiol groups is 1. The first-order valence-corrected chi connectivity index (χ1v) is 6.39. The van der Waals surface area contributed by atoms with Gasteiger partial charge in [0, 0.05) is 5.75 Å². The van der Waals surface area contributed by atoms with Crippen molar-refractivity contribution < 1.29 is 9.53 Å². The van der Waals surface area contributed by atoms with E-state index in [4.69, 9.17) is 10.5 Å². The van der Waals surface area contributed by atoms with Crippen molar-refractivity contribution in [1.82, 2.24) is 0 Å². The molecule has 88 valence electrons. The molecule has 0 heterocycles. The number of hydrogen-bond donors (Lipinski definition) is 2. The Morgan fingerprint density at radius 3 is 2.80 bits per heavy atom. The molecule has 1 aliphatic rings. The van der Waals surface area contributed by atoms with Gasteiger partial charge >= 0.3 is 5.97 Å². The molecule has 2 N–H and O–H groups in total. The van der Waals surface area contributed by atoms with Crippen LogP contribution < -0.4 is 5.73 Å². The van der Waals surface area contributed by atoms with Crippen LogP contribution in [0.5, 0.6) is 0 Å². The van der Waals surface area contributed by atoms with Gasteiger partial charge in [0.05, 0.1) is 0 Å². The van der Waals surface area contributed by atoms with Gasteiger partial charge in [-0.1, -0.05) is 13.3 Å². The van der Waals surface area contributed by atoms with E-state index in [1.165, 1.54) is 12.8 Å². The van der Waals surface area contributed by atoms with Crippen LogP contribution in [0.4, 0.5) is 0 Å². The molecule has 0 radical (unpaired) electrons. The Labute approximate surface area is 97.2 Å². The Bertz CT molecular complexity index is 211. The maximum absolute atomic E-state index is 11.5. The van der Waals surface area contributed by atoms with E-state index in [0.717, 1.165) is 19.3 Å². The predicted octanol–water partition coefficient (Wildman–Crippen LogP) is 1.76. The molecule has 0 aromatic heterocycles. The summed E-state index contributed by atoms with van der Waals surface area (Å²) in [7, 11) is 0. The van der Waals surface area contributed by atoms with E-state index in [2.05, 4.69) is 19.6 Å². The molecule has 0 amide bonds. The summed E-state index contributed by atoms with van der Waals surface area (Å²) in [4.78, 5) is 11.5. The maximum atomic E-state index is 11.5. The molecule has 3 atom stereocenters. The summed E-state index contributed by atoms with van der Waals surface area (Å²) < 4.78 is 5.43. The first kappa shape index (κ1) is 12.8. The highest BCUT2D eigenvalue weighted by atomic mass is 32.1. The highest BCUT2D eigenvalue weighted by Crippen LogP contribution is 2.29. The van der Waals surface area contributed by atoms with E-state index in [1.807, 2.05) is 0 Å². The average molecular weight is 231 g/mol. The van der Waals surface area contributed by atoms with Crippen molar-refractivity contribution in [3.63, 3.8) is 0 Å². The van der Waals surface area contributed by atoms with E-state index in [9.17, 15) is 4.79 Å². The lowest BCUT2D eigenvalue weighted by Gasteiger charge is -2.31. The molecule has 15 heavy (non-hydrogen) atoms. The summed E-state index contributed by atoms with van der Waals surface area (Å²) >= 11 is 3.99. The van der Waals surface area contributed by atoms with E-state index in [1.54, 1.807) is 0 Å². The number of carbonyl (C=O) groups excluding carboxylic acids is 1. The number of carbonyl (C=O) groups is 1. The van der Waals surface area contributed by atoms with Crippen LogP contribution in [0, 0.1) is 5.92 Å². The Kier molecular flexibility index (Phi) is 5.47. The van der Waals surface area contributed by atoms with E-state index < -0.39 is 6.04 Å². The van der Waals surface area contributed by atoms with Gasteiger partial charge in [0.1, 0.15) is 12.1 Å². The van der Waals surface area contributed by atoms with Crippen molar-refractivity contribution in [1.29, 1.82) is 0 Å². The molecule has 1 aliphatic carbocycles. The van der Waals surface area contributed by atoms with Gasteiger partial charge < -0.3 is 10.5 Å². The van der Waals surface area contributed by atoms with Gasteiger partial charge in [0.15, 0.2) is 0 Å². The topological polar surface area (TPSA) is 52.3 Å². The van der Waals surface area contributed by atoms with Gasteiger partial charge in [-0.05, 0) is 31.6 Å². The number of nitrogens with two attached hydrogens (primary N) is 1. The van der Waals surface area contributed by atoms with Crippen LogP contribution in [0.1, 0.15) is 39.0 Å². The van der Waals surface area contributed by atoms with E-state index >= 15 is 0 Å². The lowest BCUT2D eigenvalue weighted by molar-refractivity contribution is -0.154. The molecule has 4 heteroatoms. The van der Waals surface area contributed by atoms with Crippen molar-refractivity contribution in [2.24, 2.45) is 11.7 Å². The molecular formula is C11H21NO2S. The van der Waals surface area contributed by atoms with Gasteiger partial charge in [-0.15, -0.1) is 0 Å². The zero-order valence-electron chi connectivity index (χ0n) is 9.32. The van der Waals surface area contributed by atoms with Crippen molar-refractivity contribution in [3.05, 3.63) is 0 Å². The van der Waals surface area contributed by atoms with Gasteiger partial charge in [0.2, 0.25) is 0 Å². The number of ether oxygens (including phenoxy) is 1. The van der Waals surface area contributed by atoms with Crippen molar-refractivity contribution in [2.45, 2.75) is 51.2 Å². The summed E-state index contributed by atoms with van der Waals surface area (Å²) in [6, 6.07) is -0.576. The number of hydrogen-bond acceptors (Lipinski definition) is 4. The fraction of sp³-hybridized carbons (Fsp3) is 0.909. The Hall–Kier alpha value is -0.220. The van der Waals surface area contributed by atoms with Gasteiger partial charge in [-0.25, -0.2) is 0 Å². The third-order valence-corrected chi connectivity index (χ3v) is 3.52. The smallest absolute Gasteiger partial charge is 0.324 e. The van der Waals surface area contributed by atoms with Gasteiger partial charge in [-0.3, -0.25) is 4.79 Å². The van der Waals surface area contributed by atoms with E-state index in [0.29, 0.717) is 11.7 Å². The Balaban J connectivity index is 2.44. The molecule has 1 saturated carbocycles. The molecule has 0 aliphatic heterocycles. The molecule has 1 rings (SSSR count). The molecule has 1 fully saturated rings. The second-order valence-electron chi connectivity index (χ2n) is 4.22. The van der Waals surface area contributed by atoms with E-state index in [-0.39, 0.29) is 12.1 Å². The third-order valence-electron chi connectivity index (χ3n) is 3.13. The van der Waals surface area contributed by atoms with Crippen molar-refractivity contribution in [2.75, 3.05) is 5.75 Å². The second kappa shape index (κ2) is 6.38. The highest BCUT2D eigenvalue weighted by Gasteiger charge is 2.28. The first-order chi connectivity index (χ1) is 7.19. The zero-order valence-corrected chi connectivity index (χ0v) is 10.2. The Morgan fingerprint density at radius 1 is 1.53 bits per heavy atom. The molecular weight excluding hydrogens is 210 g/mol. The quantitative estimate of drug-likeness (QED) is 0.572. The molecule has 0 bridgehead atoms. The van der Waals surface area contributed by atoms with Crippen LogP contribution in [-0.4, -0.2) is 23.9 Å². The predicted molar refractivity (Wildman–Crippen MR) is 64.0 cm³/mol. The average Bonchev–Trinajstić information content (AvgIpc) is 2.28. The summed E-state index contributed by atoms with van der Waals surface area (Å²) in [6.07, 6.45) is 5.74. The minimum Gasteiger partial charge on any atom is -0.461 e. The van der Waals surface area contributed by atoms with Gasteiger partial charge in [0.25, 0.3) is 0 Å². The number of esters is 1. The molecule has 0 spiro atoms. The summed E-state index contributed by atoms with van der Waals surface area (Å²) in [5.74, 6) is 0.577. The van der Waals surface area contributed by atoms with Crippen LogP contribution in [0.15, 0.2) is 0 Å². The SMILES string of the molecule is CCC1CCCCC1OC(=O)C(N)CS. The number of rotatable bonds is 4. The maximum Gasteiger partial charge on any atom is 0.324 e. The lowest BCUT2D eigenvalue weighted by Crippen LogP contribution is -2.39. The summed E-state index contributed by atoms with van der Waals surface area (Å²) in [5.41, 5.74) is 5.57. The molecule has 0 aromatic carbocycles. The monoisotopic (exact) mass is 231 g/mol. The minimum absolute atomic E-state index is 0.0854. The largest absolute Gasteiger partial charge is 0.461 e. The molecule has 3 nitrogen and oxygen atoms in total.